The number of ether oxygens (including phenoxy) is 3. The second-order valence-corrected chi connectivity index (χ2v) is 5.76. The summed E-state index contributed by atoms with van der Waals surface area (Å²) in [5, 5.41) is 2.43. The van der Waals surface area contributed by atoms with Crippen LogP contribution >= 0.6 is 0 Å². The Bertz CT molecular complexity index is 593. The number of methoxy groups -OCH3 is 1. The lowest BCUT2D eigenvalue weighted by Crippen LogP contribution is -2.33. The summed E-state index contributed by atoms with van der Waals surface area (Å²) in [6, 6.07) is 2.91. The number of pyridine rings is 1. The first-order chi connectivity index (χ1) is 11.2. The summed E-state index contributed by atoms with van der Waals surface area (Å²) in [6.45, 7) is 4.31. The molecule has 0 aromatic carbocycles. The van der Waals surface area contributed by atoms with Crippen LogP contribution in [-0.2, 0) is 9.47 Å². The van der Waals surface area contributed by atoms with Crippen molar-refractivity contribution in [3.8, 4) is 5.88 Å². The number of amides is 1. The Balaban J connectivity index is 2.56. The highest BCUT2D eigenvalue weighted by molar-refractivity contribution is 5.88. The molecule has 0 fully saturated rings. The van der Waals surface area contributed by atoms with Crippen molar-refractivity contribution in [3.05, 3.63) is 35.7 Å². The van der Waals surface area contributed by atoms with Crippen LogP contribution in [0.4, 0.5) is 9.18 Å². The van der Waals surface area contributed by atoms with Gasteiger partial charge in [0, 0.05) is 24.4 Å². The Morgan fingerprint density at radius 2 is 2.04 bits per heavy atom. The number of carbonyl (C=O) groups is 2. The fourth-order valence-electron chi connectivity index (χ4n) is 1.45. The fourth-order valence-corrected chi connectivity index (χ4v) is 1.45. The average molecular weight is 340 g/mol. The lowest BCUT2D eigenvalue weighted by molar-refractivity contribution is 0.0530. The quantitative estimate of drug-likeness (QED) is 0.633. The molecule has 8 heteroatoms. The summed E-state index contributed by atoms with van der Waals surface area (Å²) >= 11 is 0. The summed E-state index contributed by atoms with van der Waals surface area (Å²) in [7, 11) is 1.26. The van der Waals surface area contributed by atoms with Crippen molar-refractivity contribution in [2.75, 3.05) is 20.3 Å². The maximum absolute atomic E-state index is 12.9. The van der Waals surface area contributed by atoms with Gasteiger partial charge in [-0.05, 0) is 26.8 Å². The first kappa shape index (κ1) is 19.4. The highest BCUT2D eigenvalue weighted by atomic mass is 19.1. The Hall–Kier alpha value is -2.64. The number of nitrogens with one attached hydrogen (secondary N) is 1. The Morgan fingerprint density at radius 1 is 1.33 bits per heavy atom. The summed E-state index contributed by atoms with van der Waals surface area (Å²) in [5.41, 5.74) is -0.170. The standard InChI is InChI=1S/C16H21FN2O5/c1-16(2,3)24-15(21)19-8-11(7-17)10-23-13-6-5-12(9-18-13)14(20)22-4/h5-6,9-10H,7-8H2,1-4H3,(H,19,21)/b11-10+. The number of carbonyl (C=O) groups excluding carboxylic acids is 2. The van der Waals surface area contributed by atoms with Crippen molar-refractivity contribution in [2.24, 2.45) is 0 Å². The normalized spacial score (nSPS) is 11.6. The van der Waals surface area contributed by atoms with Crippen LogP contribution in [0.25, 0.3) is 0 Å². The van der Waals surface area contributed by atoms with Gasteiger partial charge in [-0.3, -0.25) is 0 Å². The molecule has 1 aromatic rings. The SMILES string of the molecule is COC(=O)c1ccc(O/C=C(\CF)CNC(=O)OC(C)(C)C)nc1. The van der Waals surface area contributed by atoms with Gasteiger partial charge in [0.05, 0.1) is 18.9 Å². The molecule has 1 amide bonds. The summed E-state index contributed by atoms with van der Waals surface area (Å²) in [5.74, 6) is -0.346. The predicted molar refractivity (Wildman–Crippen MR) is 84.5 cm³/mol. The topological polar surface area (TPSA) is 86.8 Å². The van der Waals surface area contributed by atoms with Gasteiger partial charge in [0.1, 0.15) is 12.3 Å². The molecule has 1 rings (SSSR count). The molecule has 7 nitrogen and oxygen atoms in total. The third-order valence-electron chi connectivity index (χ3n) is 2.53. The zero-order valence-electron chi connectivity index (χ0n) is 14.1. The monoisotopic (exact) mass is 340 g/mol. The van der Waals surface area contributed by atoms with Gasteiger partial charge < -0.3 is 19.5 Å². The number of esters is 1. The first-order valence-corrected chi connectivity index (χ1v) is 7.17. The van der Waals surface area contributed by atoms with Crippen LogP contribution in [0.5, 0.6) is 5.88 Å². The zero-order valence-corrected chi connectivity index (χ0v) is 14.1. The van der Waals surface area contributed by atoms with Gasteiger partial charge in [-0.25, -0.2) is 19.0 Å². The van der Waals surface area contributed by atoms with Gasteiger partial charge in [0.2, 0.25) is 5.88 Å². The lowest BCUT2D eigenvalue weighted by atomic mass is 10.2. The first-order valence-electron chi connectivity index (χ1n) is 7.17. The predicted octanol–water partition coefficient (Wildman–Crippen LogP) is 2.63. The van der Waals surface area contributed by atoms with Crippen LogP contribution in [0.1, 0.15) is 31.1 Å². The molecule has 1 aromatic heterocycles. The maximum Gasteiger partial charge on any atom is 0.407 e. The number of rotatable bonds is 6. The van der Waals surface area contributed by atoms with E-state index >= 15 is 0 Å². The van der Waals surface area contributed by atoms with Gasteiger partial charge in [-0.15, -0.1) is 0 Å². The summed E-state index contributed by atoms with van der Waals surface area (Å²) < 4.78 is 27.7. The molecule has 0 saturated heterocycles. The smallest absolute Gasteiger partial charge is 0.407 e. The number of nitrogens with zero attached hydrogens (tertiary/aromatic N) is 1. The molecule has 0 aliphatic heterocycles. The Labute approximate surface area is 139 Å². The van der Waals surface area contributed by atoms with Crippen LogP contribution in [0.15, 0.2) is 30.2 Å². The highest BCUT2D eigenvalue weighted by Crippen LogP contribution is 2.10. The molecular weight excluding hydrogens is 319 g/mol. The summed E-state index contributed by atoms with van der Waals surface area (Å²) in [4.78, 5) is 26.7. The second-order valence-electron chi connectivity index (χ2n) is 5.76. The molecule has 0 bridgehead atoms. The number of alkyl halides is 1. The van der Waals surface area contributed by atoms with Crippen molar-refractivity contribution in [3.63, 3.8) is 0 Å². The number of halogens is 1. The van der Waals surface area contributed by atoms with E-state index in [0.29, 0.717) is 0 Å². The summed E-state index contributed by atoms with van der Waals surface area (Å²) in [6.07, 6.45) is 1.78. The van der Waals surface area contributed by atoms with Crippen molar-refractivity contribution >= 4 is 12.1 Å². The van der Waals surface area contributed by atoms with E-state index in [-0.39, 0.29) is 23.6 Å². The Morgan fingerprint density at radius 3 is 2.54 bits per heavy atom. The van der Waals surface area contributed by atoms with E-state index in [4.69, 9.17) is 9.47 Å². The van der Waals surface area contributed by atoms with E-state index in [0.717, 1.165) is 6.26 Å². The van der Waals surface area contributed by atoms with Crippen molar-refractivity contribution in [2.45, 2.75) is 26.4 Å². The minimum Gasteiger partial charge on any atom is -0.465 e. The molecule has 1 heterocycles. The van der Waals surface area contributed by atoms with Gasteiger partial charge in [0.15, 0.2) is 0 Å². The largest absolute Gasteiger partial charge is 0.465 e. The minimum atomic E-state index is -0.809. The minimum absolute atomic E-state index is 0.0638. The van der Waals surface area contributed by atoms with Crippen molar-refractivity contribution in [1.29, 1.82) is 0 Å². The third kappa shape index (κ3) is 7.08. The van der Waals surface area contributed by atoms with E-state index in [1.807, 2.05) is 0 Å². The van der Waals surface area contributed by atoms with Gasteiger partial charge in [-0.1, -0.05) is 0 Å². The van der Waals surface area contributed by atoms with Crippen molar-refractivity contribution < 1.29 is 28.2 Å². The molecule has 0 atom stereocenters. The number of aromatic nitrogens is 1. The number of alkyl carbamates (subject to hydrolysis) is 1. The number of hydrogen-bond donors (Lipinski definition) is 1. The van der Waals surface area contributed by atoms with E-state index in [9.17, 15) is 14.0 Å². The van der Waals surface area contributed by atoms with E-state index < -0.39 is 24.3 Å². The zero-order chi connectivity index (χ0) is 18.2. The van der Waals surface area contributed by atoms with Crippen molar-refractivity contribution in [1.82, 2.24) is 10.3 Å². The molecular formula is C16H21FN2O5. The maximum atomic E-state index is 12.9. The third-order valence-corrected chi connectivity index (χ3v) is 2.53. The van der Waals surface area contributed by atoms with Gasteiger partial charge >= 0.3 is 12.1 Å². The Kier molecular flexibility index (Phi) is 7.16. The van der Waals surface area contributed by atoms with Crippen LogP contribution in [-0.4, -0.2) is 43.0 Å². The lowest BCUT2D eigenvalue weighted by Gasteiger charge is -2.19. The molecule has 0 radical (unpaired) electrons. The molecule has 0 unspecified atom stereocenters. The number of hydrogen-bond acceptors (Lipinski definition) is 6. The van der Waals surface area contributed by atoms with Gasteiger partial charge in [-0.2, -0.15) is 0 Å². The van der Waals surface area contributed by atoms with Crippen LogP contribution in [0.2, 0.25) is 0 Å². The van der Waals surface area contributed by atoms with E-state index in [2.05, 4.69) is 15.0 Å². The molecule has 0 spiro atoms. The molecule has 1 N–H and O–H groups in total. The highest BCUT2D eigenvalue weighted by Gasteiger charge is 2.16. The second kappa shape index (κ2) is 8.85. The molecule has 132 valence electrons. The van der Waals surface area contributed by atoms with Gasteiger partial charge in [0.25, 0.3) is 0 Å². The van der Waals surface area contributed by atoms with E-state index in [1.165, 1.54) is 25.4 Å². The van der Waals surface area contributed by atoms with Crippen LogP contribution in [0, 0.1) is 0 Å². The molecule has 0 saturated carbocycles. The van der Waals surface area contributed by atoms with Crippen LogP contribution in [0.3, 0.4) is 0 Å². The molecule has 24 heavy (non-hydrogen) atoms. The average Bonchev–Trinajstić information content (AvgIpc) is 2.53. The molecule has 0 aliphatic rings. The van der Waals surface area contributed by atoms with Crippen LogP contribution < -0.4 is 10.1 Å². The fraction of sp³-hybridized carbons (Fsp3) is 0.438. The molecule has 0 aliphatic carbocycles. The van der Waals surface area contributed by atoms with E-state index in [1.54, 1.807) is 20.8 Å².